The largest absolute Gasteiger partial charge is 0.478 e. The molecule has 5 nitrogen and oxygen atoms in total. The highest BCUT2D eigenvalue weighted by molar-refractivity contribution is 5.88. The van der Waals surface area contributed by atoms with Gasteiger partial charge in [-0.15, -0.1) is 0 Å². The highest BCUT2D eigenvalue weighted by Crippen LogP contribution is 2.09. The molecule has 0 saturated carbocycles. The van der Waals surface area contributed by atoms with Gasteiger partial charge in [-0.3, -0.25) is 0 Å². The van der Waals surface area contributed by atoms with Gasteiger partial charge in [0, 0.05) is 19.1 Å². The van der Waals surface area contributed by atoms with Crippen LogP contribution in [0, 0.1) is 0 Å². The second-order valence-electron chi connectivity index (χ2n) is 4.48. The fourth-order valence-corrected chi connectivity index (χ4v) is 1.66. The van der Waals surface area contributed by atoms with E-state index in [1.54, 1.807) is 0 Å². The predicted molar refractivity (Wildman–Crippen MR) is 69.8 cm³/mol. The summed E-state index contributed by atoms with van der Waals surface area (Å²) in [7, 11) is 2.09. The van der Waals surface area contributed by atoms with E-state index in [9.17, 15) is 4.79 Å². The summed E-state index contributed by atoms with van der Waals surface area (Å²) < 4.78 is 5.14. The summed E-state index contributed by atoms with van der Waals surface area (Å²) in [5.74, 6) is -0.467. The summed E-state index contributed by atoms with van der Waals surface area (Å²) in [4.78, 5) is 13.1. The molecule has 1 rings (SSSR count). The summed E-state index contributed by atoms with van der Waals surface area (Å²) in [5, 5.41) is 12.1. The molecule has 1 aromatic rings. The third-order valence-corrected chi connectivity index (χ3v) is 3.25. The average Bonchev–Trinajstić information content (AvgIpc) is 2.81. The molecule has 1 heterocycles. The minimum atomic E-state index is -0.947. The molecule has 0 spiro atoms. The number of rotatable bonds is 8. The second kappa shape index (κ2) is 7.18. The first-order valence-corrected chi connectivity index (χ1v) is 6.26. The number of nitrogens with one attached hydrogen (secondary N) is 1. The molecule has 0 bridgehead atoms. The first-order valence-electron chi connectivity index (χ1n) is 6.26. The van der Waals surface area contributed by atoms with Crippen LogP contribution in [0.5, 0.6) is 0 Å². The molecule has 0 aliphatic carbocycles. The molecule has 0 radical (unpaired) electrons. The summed E-state index contributed by atoms with van der Waals surface area (Å²) in [5.41, 5.74) is 0.234. The van der Waals surface area contributed by atoms with Crippen molar-refractivity contribution in [2.24, 2.45) is 0 Å². The van der Waals surface area contributed by atoms with Crippen molar-refractivity contribution in [3.05, 3.63) is 23.7 Å². The second-order valence-corrected chi connectivity index (χ2v) is 4.48. The predicted octanol–water partition coefficient (Wildman–Crippen LogP) is 1.80. The minimum Gasteiger partial charge on any atom is -0.478 e. The Morgan fingerprint density at radius 2 is 2.33 bits per heavy atom. The fraction of sp³-hybridized carbons (Fsp3) is 0.615. The van der Waals surface area contributed by atoms with Crippen LogP contribution in [0.1, 0.15) is 36.4 Å². The molecular formula is C13H22N2O3. The van der Waals surface area contributed by atoms with Gasteiger partial charge >= 0.3 is 5.97 Å². The summed E-state index contributed by atoms with van der Waals surface area (Å²) >= 11 is 0. The zero-order valence-corrected chi connectivity index (χ0v) is 11.3. The standard InChI is InChI=1S/C13H22N2O3/c1-4-10(2)15(3)7-6-14-9-12-11(13(16)17)5-8-18-12/h5,8,10,14H,4,6-7,9H2,1-3H3,(H,16,17). The number of hydrogen-bond acceptors (Lipinski definition) is 4. The summed E-state index contributed by atoms with van der Waals surface area (Å²) in [6.07, 6.45) is 2.53. The first kappa shape index (κ1) is 14.7. The van der Waals surface area contributed by atoms with Crippen LogP contribution in [0.3, 0.4) is 0 Å². The molecule has 0 aliphatic rings. The maximum Gasteiger partial charge on any atom is 0.339 e. The Morgan fingerprint density at radius 3 is 2.94 bits per heavy atom. The molecule has 0 aliphatic heterocycles. The van der Waals surface area contributed by atoms with Crippen LogP contribution in [0.15, 0.2) is 16.7 Å². The van der Waals surface area contributed by atoms with Crippen molar-refractivity contribution >= 4 is 5.97 Å². The van der Waals surface area contributed by atoms with Gasteiger partial charge in [0.1, 0.15) is 11.3 Å². The van der Waals surface area contributed by atoms with Crippen molar-refractivity contribution in [3.8, 4) is 0 Å². The minimum absolute atomic E-state index is 0.234. The molecule has 2 N–H and O–H groups in total. The third kappa shape index (κ3) is 4.16. The van der Waals surface area contributed by atoms with E-state index in [4.69, 9.17) is 9.52 Å². The van der Waals surface area contributed by atoms with Crippen molar-refractivity contribution in [2.45, 2.75) is 32.9 Å². The van der Waals surface area contributed by atoms with Gasteiger partial charge in [0.2, 0.25) is 0 Å². The molecule has 0 fully saturated rings. The number of aromatic carboxylic acids is 1. The van der Waals surface area contributed by atoms with Crippen molar-refractivity contribution in [3.63, 3.8) is 0 Å². The quantitative estimate of drug-likeness (QED) is 0.692. The van der Waals surface area contributed by atoms with Crippen LogP contribution in [-0.4, -0.2) is 42.2 Å². The molecule has 102 valence electrons. The van der Waals surface area contributed by atoms with E-state index in [0.717, 1.165) is 19.5 Å². The lowest BCUT2D eigenvalue weighted by atomic mass is 10.2. The molecule has 1 aromatic heterocycles. The van der Waals surface area contributed by atoms with Gasteiger partial charge in [-0.1, -0.05) is 6.92 Å². The van der Waals surface area contributed by atoms with E-state index < -0.39 is 5.97 Å². The normalized spacial score (nSPS) is 12.9. The van der Waals surface area contributed by atoms with Gasteiger partial charge < -0.3 is 19.7 Å². The molecule has 1 unspecified atom stereocenters. The number of carboxylic acid groups (broad SMARTS) is 1. The van der Waals surface area contributed by atoms with Gasteiger partial charge in [0.15, 0.2) is 0 Å². The number of carbonyl (C=O) groups is 1. The van der Waals surface area contributed by atoms with E-state index >= 15 is 0 Å². The van der Waals surface area contributed by atoms with Crippen molar-refractivity contribution in [1.29, 1.82) is 0 Å². The lowest BCUT2D eigenvalue weighted by molar-refractivity contribution is 0.0694. The van der Waals surface area contributed by atoms with Crippen LogP contribution >= 0.6 is 0 Å². The number of likely N-dealkylation sites (N-methyl/N-ethyl adjacent to an activating group) is 1. The number of furan rings is 1. The Bertz CT molecular complexity index is 376. The number of carboxylic acids is 1. The van der Waals surface area contributed by atoms with Gasteiger partial charge in [-0.2, -0.15) is 0 Å². The summed E-state index contributed by atoms with van der Waals surface area (Å²) in [6, 6.07) is 2.04. The molecule has 0 saturated heterocycles. The van der Waals surface area contributed by atoms with Crippen molar-refractivity contribution < 1.29 is 14.3 Å². The SMILES string of the molecule is CCC(C)N(C)CCNCc1occc1C(=O)O. The molecule has 1 atom stereocenters. The smallest absolute Gasteiger partial charge is 0.339 e. The molecular weight excluding hydrogens is 232 g/mol. The Kier molecular flexibility index (Phi) is 5.88. The highest BCUT2D eigenvalue weighted by atomic mass is 16.4. The van der Waals surface area contributed by atoms with Crippen LogP contribution in [0.4, 0.5) is 0 Å². The van der Waals surface area contributed by atoms with Gasteiger partial charge in [0.05, 0.1) is 12.8 Å². The Labute approximate surface area is 108 Å². The molecule has 5 heteroatoms. The van der Waals surface area contributed by atoms with Crippen LogP contribution < -0.4 is 5.32 Å². The van der Waals surface area contributed by atoms with E-state index in [0.29, 0.717) is 18.3 Å². The zero-order chi connectivity index (χ0) is 13.5. The van der Waals surface area contributed by atoms with Gasteiger partial charge in [-0.25, -0.2) is 4.79 Å². The maximum absolute atomic E-state index is 10.9. The van der Waals surface area contributed by atoms with Gasteiger partial charge in [0.25, 0.3) is 0 Å². The molecule has 18 heavy (non-hydrogen) atoms. The summed E-state index contributed by atoms with van der Waals surface area (Å²) in [6.45, 7) is 6.54. The van der Waals surface area contributed by atoms with Gasteiger partial charge in [-0.05, 0) is 26.5 Å². The van der Waals surface area contributed by atoms with E-state index in [2.05, 4.69) is 31.1 Å². The average molecular weight is 254 g/mol. The first-order chi connectivity index (χ1) is 8.56. The molecule has 0 amide bonds. The third-order valence-electron chi connectivity index (χ3n) is 3.25. The topological polar surface area (TPSA) is 65.7 Å². The number of nitrogens with zero attached hydrogens (tertiary/aromatic N) is 1. The Hall–Kier alpha value is -1.33. The lowest BCUT2D eigenvalue weighted by Crippen LogP contribution is -2.34. The Balaban J connectivity index is 2.30. The zero-order valence-electron chi connectivity index (χ0n) is 11.3. The van der Waals surface area contributed by atoms with Crippen LogP contribution in [-0.2, 0) is 6.54 Å². The van der Waals surface area contributed by atoms with E-state index in [-0.39, 0.29) is 5.56 Å². The monoisotopic (exact) mass is 254 g/mol. The number of hydrogen-bond donors (Lipinski definition) is 2. The highest BCUT2D eigenvalue weighted by Gasteiger charge is 2.12. The maximum atomic E-state index is 10.9. The van der Waals surface area contributed by atoms with E-state index in [1.165, 1.54) is 12.3 Å². The molecule has 0 aromatic carbocycles. The fourth-order valence-electron chi connectivity index (χ4n) is 1.66. The lowest BCUT2D eigenvalue weighted by Gasteiger charge is -2.23. The van der Waals surface area contributed by atoms with Crippen molar-refractivity contribution in [1.82, 2.24) is 10.2 Å². The van der Waals surface area contributed by atoms with E-state index in [1.807, 2.05) is 0 Å². The van der Waals surface area contributed by atoms with Crippen LogP contribution in [0.25, 0.3) is 0 Å². The van der Waals surface area contributed by atoms with Crippen LogP contribution in [0.2, 0.25) is 0 Å². The van der Waals surface area contributed by atoms with Crippen molar-refractivity contribution in [2.75, 3.05) is 20.1 Å². The Morgan fingerprint density at radius 1 is 1.61 bits per heavy atom.